The van der Waals surface area contributed by atoms with Gasteiger partial charge >= 0.3 is 0 Å². The molecule has 0 radical (unpaired) electrons. The van der Waals surface area contributed by atoms with Crippen LogP contribution in [-0.2, 0) is 6.54 Å². The van der Waals surface area contributed by atoms with E-state index in [-0.39, 0.29) is 11.6 Å². The van der Waals surface area contributed by atoms with Crippen LogP contribution in [0.5, 0.6) is 0 Å². The Balaban J connectivity index is 1.58. The summed E-state index contributed by atoms with van der Waals surface area (Å²) < 4.78 is 1.00. The molecule has 2 aromatic carbocycles. The first-order valence-electron chi connectivity index (χ1n) is 7.80. The second kappa shape index (κ2) is 7.90. The van der Waals surface area contributed by atoms with Crippen LogP contribution in [0.1, 0.15) is 21.6 Å². The van der Waals surface area contributed by atoms with Crippen molar-refractivity contribution in [3.63, 3.8) is 0 Å². The van der Waals surface area contributed by atoms with Crippen molar-refractivity contribution in [3.05, 3.63) is 82.0 Å². The molecular weight excluding hydrogens is 380 g/mol. The van der Waals surface area contributed by atoms with E-state index in [4.69, 9.17) is 0 Å². The van der Waals surface area contributed by atoms with Gasteiger partial charge in [0.1, 0.15) is 0 Å². The Morgan fingerprint density at radius 1 is 0.960 bits per heavy atom. The number of aromatic nitrogens is 2. The average Bonchev–Trinajstić information content (AvgIpc) is 2.63. The number of carbonyl (C=O) groups is 1. The quantitative estimate of drug-likeness (QED) is 0.677. The highest BCUT2D eigenvalue weighted by Crippen LogP contribution is 2.17. The Labute approximate surface area is 154 Å². The molecule has 126 valence electrons. The number of amides is 1. The minimum atomic E-state index is -0.247. The predicted molar refractivity (Wildman–Crippen MR) is 102 cm³/mol. The Morgan fingerprint density at radius 2 is 1.68 bits per heavy atom. The summed E-state index contributed by atoms with van der Waals surface area (Å²) in [6, 6.07) is 19.1. The van der Waals surface area contributed by atoms with Gasteiger partial charge in [0, 0.05) is 16.7 Å². The number of nitrogens with one attached hydrogen (secondary N) is 2. The van der Waals surface area contributed by atoms with Crippen LogP contribution in [0.15, 0.2) is 65.1 Å². The fourth-order valence-corrected chi connectivity index (χ4v) is 2.44. The number of benzene rings is 2. The topological polar surface area (TPSA) is 66.9 Å². The summed E-state index contributed by atoms with van der Waals surface area (Å²) in [5, 5.41) is 14.0. The molecule has 0 bridgehead atoms. The largest absolute Gasteiger partial charge is 0.347 e. The third-order valence-corrected chi connectivity index (χ3v) is 4.12. The molecule has 0 spiro atoms. The molecule has 1 amide bonds. The van der Waals surface area contributed by atoms with E-state index in [1.807, 2.05) is 55.5 Å². The summed E-state index contributed by atoms with van der Waals surface area (Å²) in [6.07, 6.45) is 0. The van der Waals surface area contributed by atoms with Crippen LogP contribution >= 0.6 is 15.9 Å². The smallest absolute Gasteiger partial charge is 0.272 e. The van der Waals surface area contributed by atoms with Gasteiger partial charge in [-0.1, -0.05) is 45.8 Å². The zero-order valence-electron chi connectivity index (χ0n) is 13.7. The van der Waals surface area contributed by atoms with Crippen molar-refractivity contribution in [1.82, 2.24) is 15.5 Å². The number of anilines is 2. The lowest BCUT2D eigenvalue weighted by Crippen LogP contribution is -2.24. The van der Waals surface area contributed by atoms with Crippen molar-refractivity contribution < 1.29 is 4.79 Å². The molecule has 0 atom stereocenters. The van der Waals surface area contributed by atoms with Gasteiger partial charge in [0.05, 0.1) is 0 Å². The van der Waals surface area contributed by atoms with Gasteiger partial charge in [0.25, 0.3) is 5.91 Å². The van der Waals surface area contributed by atoms with E-state index in [0.29, 0.717) is 12.4 Å². The molecule has 0 aliphatic rings. The monoisotopic (exact) mass is 396 g/mol. The zero-order valence-corrected chi connectivity index (χ0v) is 15.2. The summed E-state index contributed by atoms with van der Waals surface area (Å²) in [5.74, 6) is 0.334. The summed E-state index contributed by atoms with van der Waals surface area (Å²) >= 11 is 3.39. The van der Waals surface area contributed by atoms with Crippen molar-refractivity contribution >= 4 is 33.3 Å². The van der Waals surface area contributed by atoms with Crippen molar-refractivity contribution in [2.24, 2.45) is 0 Å². The lowest BCUT2D eigenvalue weighted by Gasteiger charge is -2.07. The maximum atomic E-state index is 12.2. The lowest BCUT2D eigenvalue weighted by atomic mass is 10.1. The van der Waals surface area contributed by atoms with Crippen molar-refractivity contribution in [1.29, 1.82) is 0 Å². The Morgan fingerprint density at radius 3 is 2.32 bits per heavy atom. The number of hydrogen-bond acceptors (Lipinski definition) is 4. The van der Waals surface area contributed by atoms with Gasteiger partial charge < -0.3 is 10.6 Å². The summed E-state index contributed by atoms with van der Waals surface area (Å²) in [5.41, 5.74) is 3.41. The van der Waals surface area contributed by atoms with Gasteiger partial charge in [0.2, 0.25) is 0 Å². The van der Waals surface area contributed by atoms with Crippen LogP contribution < -0.4 is 10.6 Å². The number of rotatable bonds is 5. The zero-order chi connectivity index (χ0) is 17.6. The number of halogens is 1. The number of carbonyl (C=O) groups excluding carboxylic acids is 1. The molecular formula is C19H17BrN4O. The highest BCUT2D eigenvalue weighted by atomic mass is 79.9. The van der Waals surface area contributed by atoms with Crippen LogP contribution in [0.25, 0.3) is 0 Å². The van der Waals surface area contributed by atoms with Gasteiger partial charge in [-0.05, 0) is 48.9 Å². The molecule has 3 aromatic rings. The Kier molecular flexibility index (Phi) is 5.40. The van der Waals surface area contributed by atoms with Gasteiger partial charge in [-0.15, -0.1) is 10.2 Å². The summed E-state index contributed by atoms with van der Waals surface area (Å²) in [4.78, 5) is 12.2. The van der Waals surface area contributed by atoms with Crippen LogP contribution in [0, 0.1) is 6.92 Å². The van der Waals surface area contributed by atoms with Gasteiger partial charge in [-0.25, -0.2) is 0 Å². The SMILES string of the molecule is Cc1ccc(CNC(=O)c2ccc(Nc3ccc(Br)cc3)nn2)cc1. The van der Waals surface area contributed by atoms with E-state index in [0.717, 1.165) is 15.7 Å². The first kappa shape index (κ1) is 17.1. The molecule has 0 aliphatic heterocycles. The fourth-order valence-electron chi connectivity index (χ4n) is 2.18. The van der Waals surface area contributed by atoms with E-state index in [1.165, 1.54) is 5.56 Å². The van der Waals surface area contributed by atoms with Gasteiger partial charge in [-0.3, -0.25) is 4.79 Å². The van der Waals surface area contributed by atoms with Gasteiger partial charge in [-0.2, -0.15) is 0 Å². The molecule has 6 heteroatoms. The molecule has 25 heavy (non-hydrogen) atoms. The highest BCUT2D eigenvalue weighted by Gasteiger charge is 2.08. The average molecular weight is 397 g/mol. The molecule has 0 saturated heterocycles. The molecule has 0 aliphatic carbocycles. The van der Waals surface area contributed by atoms with Crippen LogP contribution in [0.2, 0.25) is 0 Å². The van der Waals surface area contributed by atoms with Crippen LogP contribution in [-0.4, -0.2) is 16.1 Å². The maximum Gasteiger partial charge on any atom is 0.272 e. The molecule has 1 aromatic heterocycles. The van der Waals surface area contributed by atoms with Crippen LogP contribution in [0.4, 0.5) is 11.5 Å². The second-order valence-corrected chi connectivity index (χ2v) is 6.52. The minimum absolute atomic E-state index is 0.247. The Bertz CT molecular complexity index is 846. The Hall–Kier alpha value is -2.73. The molecule has 2 N–H and O–H groups in total. The summed E-state index contributed by atoms with van der Waals surface area (Å²) in [6.45, 7) is 2.49. The van der Waals surface area contributed by atoms with E-state index in [9.17, 15) is 4.79 Å². The molecule has 1 heterocycles. The third kappa shape index (κ3) is 4.87. The minimum Gasteiger partial charge on any atom is -0.347 e. The van der Waals surface area contributed by atoms with E-state index >= 15 is 0 Å². The first-order chi connectivity index (χ1) is 12.1. The number of nitrogens with zero attached hydrogens (tertiary/aromatic N) is 2. The third-order valence-electron chi connectivity index (χ3n) is 3.59. The molecule has 0 unspecified atom stereocenters. The predicted octanol–water partition coefficient (Wildman–Crippen LogP) is 4.22. The standard InChI is InChI=1S/C19H17BrN4O/c1-13-2-4-14(5-3-13)12-21-19(25)17-10-11-18(24-23-17)22-16-8-6-15(20)7-9-16/h2-11H,12H2,1H3,(H,21,25)(H,22,24). The van der Waals surface area contributed by atoms with E-state index in [2.05, 4.69) is 36.8 Å². The molecule has 5 nitrogen and oxygen atoms in total. The van der Waals surface area contributed by atoms with Gasteiger partial charge in [0.15, 0.2) is 11.5 Å². The normalized spacial score (nSPS) is 10.3. The maximum absolute atomic E-state index is 12.2. The van der Waals surface area contributed by atoms with Crippen LogP contribution in [0.3, 0.4) is 0 Å². The van der Waals surface area contributed by atoms with Crippen molar-refractivity contribution in [2.45, 2.75) is 13.5 Å². The van der Waals surface area contributed by atoms with Crippen molar-refractivity contribution in [2.75, 3.05) is 5.32 Å². The molecule has 0 saturated carbocycles. The number of aryl methyl sites for hydroxylation is 1. The summed E-state index contributed by atoms with van der Waals surface area (Å²) in [7, 11) is 0. The number of hydrogen-bond donors (Lipinski definition) is 2. The molecule has 3 rings (SSSR count). The second-order valence-electron chi connectivity index (χ2n) is 5.60. The highest BCUT2D eigenvalue weighted by molar-refractivity contribution is 9.10. The lowest BCUT2D eigenvalue weighted by molar-refractivity contribution is 0.0945. The molecule has 0 fully saturated rings. The van der Waals surface area contributed by atoms with E-state index in [1.54, 1.807) is 12.1 Å². The fraction of sp³-hybridized carbons (Fsp3) is 0.105. The van der Waals surface area contributed by atoms with E-state index < -0.39 is 0 Å². The van der Waals surface area contributed by atoms with Crippen molar-refractivity contribution in [3.8, 4) is 0 Å². The first-order valence-corrected chi connectivity index (χ1v) is 8.59.